The topological polar surface area (TPSA) is 288 Å². The van der Waals surface area contributed by atoms with Crippen molar-refractivity contribution in [1.82, 2.24) is 35.6 Å². The number of ether oxygens (including phenoxy) is 3. The van der Waals surface area contributed by atoms with Crippen molar-refractivity contribution >= 4 is 81.7 Å². The molecule has 448 valence electrons. The molecule has 3 saturated heterocycles. The van der Waals surface area contributed by atoms with E-state index in [4.69, 9.17) is 14.2 Å². The zero-order chi connectivity index (χ0) is 60.2. The highest BCUT2D eigenvalue weighted by Crippen LogP contribution is 2.28. The fourth-order valence-corrected chi connectivity index (χ4v) is 11.4. The highest BCUT2D eigenvalue weighted by molar-refractivity contribution is 14.1. The molecule has 0 aromatic heterocycles. The average Bonchev–Trinajstić information content (AvgIpc) is 4.10. The maximum Gasteiger partial charge on any atom is 0.329 e. The molecule has 23 heteroatoms. The zero-order valence-corrected chi connectivity index (χ0v) is 51.3. The number of nitrogens with one attached hydrogen (secondary N) is 3. The lowest BCUT2D eigenvalue weighted by atomic mass is 9.91. The van der Waals surface area contributed by atoms with Crippen LogP contribution in [0.3, 0.4) is 0 Å². The Morgan fingerprint density at radius 2 is 1.55 bits per heavy atom. The first kappa shape index (κ1) is 67.1. The van der Waals surface area contributed by atoms with E-state index in [2.05, 4.69) is 38.5 Å². The highest BCUT2D eigenvalue weighted by Gasteiger charge is 2.46. The first-order chi connectivity index (χ1) is 37.4. The lowest BCUT2D eigenvalue weighted by Gasteiger charge is -2.36. The van der Waals surface area contributed by atoms with E-state index in [0.717, 1.165) is 0 Å². The van der Waals surface area contributed by atoms with E-state index >= 15 is 9.59 Å². The van der Waals surface area contributed by atoms with Gasteiger partial charge in [-0.3, -0.25) is 43.2 Å². The highest BCUT2D eigenvalue weighted by atomic mass is 127. The number of aliphatic hydroxyl groups is 2. The number of likely N-dealkylation sites (tertiary alicyclic amines) is 1. The van der Waals surface area contributed by atoms with Crippen LogP contribution in [0.5, 0.6) is 5.75 Å². The number of ketones is 1. The molecule has 7 amide bonds. The van der Waals surface area contributed by atoms with E-state index in [9.17, 15) is 48.6 Å². The van der Waals surface area contributed by atoms with E-state index < -0.39 is 150 Å². The first-order valence-electron chi connectivity index (χ1n) is 28.1. The Morgan fingerprint density at radius 3 is 2.12 bits per heavy atom. The Morgan fingerprint density at radius 1 is 0.900 bits per heavy atom. The van der Waals surface area contributed by atoms with Crippen LogP contribution in [0.4, 0.5) is 0 Å². The molecule has 3 aliphatic rings. The third-order valence-corrected chi connectivity index (χ3v) is 16.4. The maximum absolute atomic E-state index is 15.0. The molecular formula is C57H88IN7O15. The molecule has 0 unspecified atom stereocenters. The van der Waals surface area contributed by atoms with Gasteiger partial charge in [-0.05, 0) is 123 Å². The summed E-state index contributed by atoms with van der Waals surface area (Å²) in [7, 11) is 4.31. The Labute approximate surface area is 485 Å². The number of carbonyl (C=O) groups excluding carboxylic acids is 10. The van der Waals surface area contributed by atoms with Gasteiger partial charge in [0.05, 0.1) is 35.2 Å². The molecule has 3 heterocycles. The normalized spacial score (nSPS) is 27.5. The lowest BCUT2D eigenvalue weighted by Crippen LogP contribution is -2.62. The molecular weight excluding hydrogens is 1150 g/mol. The summed E-state index contributed by atoms with van der Waals surface area (Å²) in [4.78, 5) is 149. The number of hydrogen-bond donors (Lipinski definition) is 5. The largest absolute Gasteiger partial charge is 0.496 e. The van der Waals surface area contributed by atoms with Crippen molar-refractivity contribution in [2.75, 3.05) is 34.3 Å². The molecule has 1 aromatic carbocycles. The van der Waals surface area contributed by atoms with E-state index in [1.807, 2.05) is 27.7 Å². The number of halogens is 1. The van der Waals surface area contributed by atoms with E-state index in [0.29, 0.717) is 34.1 Å². The van der Waals surface area contributed by atoms with Crippen molar-refractivity contribution in [3.63, 3.8) is 0 Å². The van der Waals surface area contributed by atoms with Gasteiger partial charge in [0.2, 0.25) is 35.4 Å². The fraction of sp³-hybridized carbons (Fsp3) is 0.719. The van der Waals surface area contributed by atoms with Crippen LogP contribution in [-0.4, -0.2) is 190 Å². The summed E-state index contributed by atoms with van der Waals surface area (Å²) < 4.78 is 18.1. The van der Waals surface area contributed by atoms with Crippen molar-refractivity contribution in [2.45, 2.75) is 201 Å². The predicted molar refractivity (Wildman–Crippen MR) is 303 cm³/mol. The Bertz CT molecular complexity index is 2400. The molecule has 0 bridgehead atoms. The van der Waals surface area contributed by atoms with Gasteiger partial charge < -0.3 is 60.0 Å². The second kappa shape index (κ2) is 30.0. The van der Waals surface area contributed by atoms with Gasteiger partial charge in [0, 0.05) is 33.6 Å². The molecule has 3 fully saturated rings. The summed E-state index contributed by atoms with van der Waals surface area (Å²) in [6, 6.07) is -3.77. The number of carbonyl (C=O) groups is 10. The number of methoxy groups -OCH3 is 1. The van der Waals surface area contributed by atoms with Gasteiger partial charge in [-0.1, -0.05) is 67.9 Å². The molecule has 80 heavy (non-hydrogen) atoms. The van der Waals surface area contributed by atoms with Crippen LogP contribution in [0.2, 0.25) is 0 Å². The third kappa shape index (κ3) is 17.1. The number of benzene rings is 1. The molecule has 0 radical (unpaired) electrons. The maximum atomic E-state index is 15.0. The van der Waals surface area contributed by atoms with Gasteiger partial charge in [0.1, 0.15) is 54.2 Å². The van der Waals surface area contributed by atoms with Crippen LogP contribution in [0.15, 0.2) is 18.2 Å². The Balaban J connectivity index is 1.90. The number of esters is 2. The molecule has 0 saturated carbocycles. The molecule has 3 aliphatic heterocycles. The summed E-state index contributed by atoms with van der Waals surface area (Å²) in [5.41, 5.74) is 0.580. The summed E-state index contributed by atoms with van der Waals surface area (Å²) in [5, 5.41) is 30.3. The minimum atomic E-state index is -1.77. The second-order valence-corrected chi connectivity index (χ2v) is 24.2. The van der Waals surface area contributed by atoms with Crippen molar-refractivity contribution in [3.05, 3.63) is 27.3 Å². The van der Waals surface area contributed by atoms with Gasteiger partial charge in [-0.2, -0.15) is 0 Å². The van der Waals surface area contributed by atoms with Gasteiger partial charge in [-0.25, -0.2) is 4.79 Å². The van der Waals surface area contributed by atoms with Crippen LogP contribution in [0.1, 0.15) is 133 Å². The first-order valence-corrected chi connectivity index (χ1v) is 29.2. The number of amides is 7. The molecule has 0 aliphatic carbocycles. The third-order valence-electron chi connectivity index (χ3n) is 15.5. The zero-order valence-electron chi connectivity index (χ0n) is 49.1. The van der Waals surface area contributed by atoms with Gasteiger partial charge in [0.25, 0.3) is 5.91 Å². The number of aliphatic hydroxyl groups excluding tert-OH is 2. The van der Waals surface area contributed by atoms with Crippen LogP contribution in [-0.2, 0) is 63.8 Å². The number of hydrogen-bond acceptors (Lipinski definition) is 15. The van der Waals surface area contributed by atoms with Crippen LogP contribution in [0, 0.1) is 33.2 Å². The van der Waals surface area contributed by atoms with E-state index in [1.54, 1.807) is 45.9 Å². The lowest BCUT2D eigenvalue weighted by molar-refractivity contribution is -0.163. The summed E-state index contributed by atoms with van der Waals surface area (Å²) in [5.74, 6) is -10.2. The fourth-order valence-electron chi connectivity index (χ4n) is 10.6. The smallest absolute Gasteiger partial charge is 0.329 e. The minimum Gasteiger partial charge on any atom is -0.496 e. The average molecular weight is 1240 g/mol. The number of Topliss-reactive ketones (excluding diaryl/α,β-unsaturated/α-hetero) is 1. The summed E-state index contributed by atoms with van der Waals surface area (Å²) in [6.45, 7) is 18.4. The standard InChI is InChI=1S/C57H88IN7O15/c1-15-32(8)46-43(67)28-45(68)80-49(31(6)7)48(69)33(9)50(70)59-38(24-29(2)3)54(74)65-23-17-19-40(65)56(76)63(13)42(27-36-20-21-44(78-14)37(58)26-36)57(77)79-35(11)47(52(72)60-46)61-51(71)41(25-30(4)5)62(12)55(75)39-18-16-22-64(39)53(73)34(10)66/h20-21,26,29-35,38-43,46-47,49,66-67H,15-19,22-25,27-28H2,1-14H3,(H,59,70)(H,60,72)(H,61,71)/t32-,33-,34-,35-,38+,39-,40-,41+,42-,43+,46-,47-,49+/m0/s1. The molecule has 4 rings (SSSR count). The second-order valence-electron chi connectivity index (χ2n) is 23.1. The van der Waals surface area contributed by atoms with Gasteiger partial charge in [-0.15, -0.1) is 0 Å². The Kier molecular flexibility index (Phi) is 25.2. The van der Waals surface area contributed by atoms with E-state index in [1.165, 1.54) is 61.6 Å². The van der Waals surface area contributed by atoms with Crippen molar-refractivity contribution in [3.8, 4) is 5.75 Å². The number of cyclic esters (lactones) is 2. The number of nitrogens with zero attached hydrogens (tertiary/aromatic N) is 4. The minimum absolute atomic E-state index is 0.0708. The quantitative estimate of drug-likeness (QED) is 0.0959. The predicted octanol–water partition coefficient (Wildman–Crippen LogP) is 2.92. The van der Waals surface area contributed by atoms with Crippen LogP contribution >= 0.6 is 22.6 Å². The Hall–Kier alpha value is -5.43. The van der Waals surface area contributed by atoms with Crippen molar-refractivity contribution < 1.29 is 72.4 Å². The molecule has 5 N–H and O–H groups in total. The van der Waals surface area contributed by atoms with Crippen LogP contribution < -0.4 is 20.7 Å². The number of likely N-dealkylation sites (N-methyl/N-ethyl adjacent to an activating group) is 2. The molecule has 22 nitrogen and oxygen atoms in total. The molecule has 13 atom stereocenters. The monoisotopic (exact) mass is 1240 g/mol. The van der Waals surface area contributed by atoms with Crippen LogP contribution in [0.25, 0.3) is 0 Å². The summed E-state index contributed by atoms with van der Waals surface area (Å²) in [6.07, 6.45) is -5.02. The summed E-state index contributed by atoms with van der Waals surface area (Å²) >= 11 is 2.08. The molecule has 1 aromatic rings. The molecule has 0 spiro atoms. The van der Waals surface area contributed by atoms with Crippen molar-refractivity contribution in [1.29, 1.82) is 0 Å². The van der Waals surface area contributed by atoms with Gasteiger partial charge >= 0.3 is 11.9 Å². The van der Waals surface area contributed by atoms with E-state index in [-0.39, 0.29) is 57.0 Å². The number of rotatable bonds is 15. The SMILES string of the molecule is CC[C@H](C)[C@@H]1NC(=O)[C@@H](NC(=O)[C@@H](CC(C)C)N(C)C(=O)[C@@H]2CCCN2C(=O)[C@H](C)O)[C@H](C)OC(=O)[C@H](Cc2ccc(OC)c(I)c2)N(C)C(=O)[C@@H]2CCCN2C(=O)[C@@H](CC(C)C)NC(=O)[C@@H](C)C(=O)[C@@H](C(C)C)OC(=O)C[C@H]1O. The van der Waals surface area contributed by atoms with Gasteiger partial charge in [0.15, 0.2) is 11.9 Å². The number of fused-ring (bicyclic) bond motifs is 1. The van der Waals surface area contributed by atoms with Crippen molar-refractivity contribution in [2.24, 2.45) is 29.6 Å².